The molecule has 0 radical (unpaired) electrons. The molecule has 1 N–H and O–H groups in total. The van der Waals surface area contributed by atoms with Gasteiger partial charge in [-0.15, -0.1) is 0 Å². The topological polar surface area (TPSA) is 33.1 Å². The summed E-state index contributed by atoms with van der Waals surface area (Å²) in [7, 11) is 0. The van der Waals surface area contributed by atoms with Gasteiger partial charge in [-0.2, -0.15) is 0 Å². The summed E-state index contributed by atoms with van der Waals surface area (Å²) in [5, 5.41) is 4.28. The summed E-state index contributed by atoms with van der Waals surface area (Å²) in [5.41, 5.74) is 6.94. The lowest BCUT2D eigenvalue weighted by atomic mass is 10.00. The third-order valence-electron chi connectivity index (χ3n) is 6.18. The highest BCUT2D eigenvalue weighted by Crippen LogP contribution is 2.42. The smallest absolute Gasteiger partial charge is 0.174 e. The average molecular weight is 439 g/mol. The minimum atomic E-state index is -0.0628. The van der Waals surface area contributed by atoms with Crippen LogP contribution in [0.1, 0.15) is 41.5 Å². The summed E-state index contributed by atoms with van der Waals surface area (Å²) < 4.78 is 2.28. The van der Waals surface area contributed by atoms with Crippen molar-refractivity contribution in [3.63, 3.8) is 0 Å². The van der Waals surface area contributed by atoms with Gasteiger partial charge in [-0.05, 0) is 79.2 Å². The van der Waals surface area contributed by atoms with Crippen LogP contribution in [0.5, 0.6) is 0 Å². The maximum absolute atomic E-state index is 5.88. The van der Waals surface area contributed by atoms with Crippen LogP contribution in [0.15, 0.2) is 91.3 Å². The maximum atomic E-state index is 5.88. The highest BCUT2D eigenvalue weighted by Gasteiger charge is 2.42. The van der Waals surface area contributed by atoms with E-state index in [9.17, 15) is 0 Å². The molecule has 3 heterocycles. The first kappa shape index (κ1) is 20.5. The van der Waals surface area contributed by atoms with E-state index >= 15 is 0 Å². The van der Waals surface area contributed by atoms with E-state index in [4.69, 9.17) is 12.2 Å². The number of hydrogen-bond donors (Lipinski definition) is 1. The van der Waals surface area contributed by atoms with Crippen molar-refractivity contribution in [2.75, 3.05) is 4.90 Å². The van der Waals surface area contributed by atoms with Crippen LogP contribution in [0, 0.1) is 6.92 Å². The van der Waals surface area contributed by atoms with Gasteiger partial charge in [-0.3, -0.25) is 4.98 Å². The number of pyridine rings is 1. The number of benzene rings is 2. The average Bonchev–Trinajstić information content (AvgIpc) is 3.44. The lowest BCUT2D eigenvalue weighted by Gasteiger charge is -2.29. The van der Waals surface area contributed by atoms with Crippen molar-refractivity contribution in [2.24, 2.45) is 0 Å². The molecule has 4 nitrogen and oxygen atoms in total. The van der Waals surface area contributed by atoms with Crippen molar-refractivity contribution >= 4 is 23.0 Å². The van der Waals surface area contributed by atoms with E-state index in [0.717, 1.165) is 17.8 Å². The van der Waals surface area contributed by atoms with Crippen LogP contribution < -0.4 is 10.2 Å². The fraction of sp³-hybridized carbons (Fsp3) is 0.185. The molecule has 0 amide bonds. The van der Waals surface area contributed by atoms with Crippen molar-refractivity contribution in [1.29, 1.82) is 0 Å². The van der Waals surface area contributed by atoms with E-state index in [2.05, 4.69) is 107 Å². The predicted octanol–water partition coefficient (Wildman–Crippen LogP) is 5.92. The molecule has 1 aliphatic heterocycles. The van der Waals surface area contributed by atoms with E-state index in [1.165, 1.54) is 22.5 Å². The molecular formula is C27H26N4S. The SMILES string of the molecule is CCc1ccc(N2C(=S)N[C@H](c3ccccn3)[C@H]2c2cccn2-c2ccccc2C)cc1. The molecule has 4 aromatic rings. The first-order chi connectivity index (χ1) is 15.7. The lowest BCUT2D eigenvalue weighted by molar-refractivity contribution is 0.549. The molecule has 2 atom stereocenters. The standard InChI is InChI=1S/C27H26N4S/c1-3-20-13-15-21(16-14-20)31-26(25(29-27(31)32)22-10-6-7-17-28-22)24-12-8-18-30(24)23-11-5-4-9-19(23)2/h4-18,25-26H,3H2,1-2H3,(H,29,32)/t25-,26-/m1/s1. The van der Waals surface area contributed by atoms with Gasteiger partial charge in [-0.25, -0.2) is 0 Å². The Balaban J connectivity index is 1.66. The molecule has 1 saturated heterocycles. The van der Waals surface area contributed by atoms with Crippen LogP contribution in [-0.4, -0.2) is 14.7 Å². The van der Waals surface area contributed by atoms with Gasteiger partial charge < -0.3 is 14.8 Å². The summed E-state index contributed by atoms with van der Waals surface area (Å²) in [6.07, 6.45) is 4.99. The monoisotopic (exact) mass is 438 g/mol. The zero-order chi connectivity index (χ0) is 22.1. The molecule has 0 saturated carbocycles. The summed E-state index contributed by atoms with van der Waals surface area (Å²) in [4.78, 5) is 6.91. The number of anilines is 1. The second-order valence-electron chi connectivity index (χ2n) is 8.11. The van der Waals surface area contributed by atoms with Gasteiger partial charge in [-0.1, -0.05) is 43.3 Å². The molecular weight excluding hydrogens is 412 g/mol. The summed E-state index contributed by atoms with van der Waals surface area (Å²) in [6.45, 7) is 4.32. The Hall–Kier alpha value is -3.44. The van der Waals surface area contributed by atoms with Crippen molar-refractivity contribution < 1.29 is 0 Å². The second kappa shape index (κ2) is 8.60. The molecule has 32 heavy (non-hydrogen) atoms. The summed E-state index contributed by atoms with van der Waals surface area (Å²) in [6, 6.07) is 27.4. The summed E-state index contributed by atoms with van der Waals surface area (Å²) >= 11 is 5.88. The number of hydrogen-bond acceptors (Lipinski definition) is 2. The predicted molar refractivity (Wildman–Crippen MR) is 134 cm³/mol. The third-order valence-corrected chi connectivity index (χ3v) is 6.49. The van der Waals surface area contributed by atoms with Gasteiger partial charge in [0.1, 0.15) is 6.04 Å². The molecule has 0 aliphatic carbocycles. The van der Waals surface area contributed by atoms with Gasteiger partial charge in [0.05, 0.1) is 11.7 Å². The second-order valence-corrected chi connectivity index (χ2v) is 8.49. The Morgan fingerprint density at radius 2 is 1.72 bits per heavy atom. The number of nitrogens with one attached hydrogen (secondary N) is 1. The van der Waals surface area contributed by atoms with E-state index < -0.39 is 0 Å². The van der Waals surface area contributed by atoms with Gasteiger partial charge in [0.2, 0.25) is 0 Å². The fourth-order valence-electron chi connectivity index (χ4n) is 4.51. The minimum absolute atomic E-state index is 0.0421. The van der Waals surface area contributed by atoms with Crippen molar-refractivity contribution in [1.82, 2.24) is 14.9 Å². The van der Waals surface area contributed by atoms with Crippen LogP contribution >= 0.6 is 12.2 Å². The van der Waals surface area contributed by atoms with Crippen molar-refractivity contribution in [3.8, 4) is 5.69 Å². The van der Waals surface area contributed by atoms with E-state index in [0.29, 0.717) is 5.11 Å². The minimum Gasteiger partial charge on any atom is -0.351 e. The largest absolute Gasteiger partial charge is 0.351 e. The quantitative estimate of drug-likeness (QED) is 0.392. The van der Waals surface area contributed by atoms with E-state index in [1.807, 2.05) is 18.3 Å². The van der Waals surface area contributed by atoms with Crippen molar-refractivity contribution in [3.05, 3.63) is 114 Å². The molecule has 1 aliphatic rings. The zero-order valence-corrected chi connectivity index (χ0v) is 19.1. The van der Waals surface area contributed by atoms with Gasteiger partial charge in [0, 0.05) is 29.5 Å². The van der Waals surface area contributed by atoms with Crippen LogP contribution in [0.4, 0.5) is 5.69 Å². The fourth-order valence-corrected chi connectivity index (χ4v) is 4.86. The normalized spacial score (nSPS) is 18.1. The lowest BCUT2D eigenvalue weighted by Crippen LogP contribution is -2.30. The number of aromatic nitrogens is 2. The highest BCUT2D eigenvalue weighted by atomic mass is 32.1. The molecule has 0 bridgehead atoms. The number of para-hydroxylation sites is 1. The van der Waals surface area contributed by atoms with Crippen LogP contribution in [0.3, 0.4) is 0 Å². The first-order valence-corrected chi connectivity index (χ1v) is 11.4. The molecule has 0 unspecified atom stereocenters. The Morgan fingerprint density at radius 1 is 0.938 bits per heavy atom. The number of nitrogens with zero attached hydrogens (tertiary/aromatic N) is 3. The van der Waals surface area contributed by atoms with Gasteiger partial charge >= 0.3 is 0 Å². The Labute approximate surface area is 194 Å². The third kappa shape index (κ3) is 3.59. The van der Waals surface area contributed by atoms with E-state index in [1.54, 1.807) is 0 Å². The molecule has 5 rings (SSSR count). The number of rotatable bonds is 5. The summed E-state index contributed by atoms with van der Waals surface area (Å²) in [5.74, 6) is 0. The highest BCUT2D eigenvalue weighted by molar-refractivity contribution is 7.80. The van der Waals surface area contributed by atoms with Crippen LogP contribution in [0.25, 0.3) is 5.69 Å². The Morgan fingerprint density at radius 3 is 2.44 bits per heavy atom. The zero-order valence-electron chi connectivity index (χ0n) is 18.3. The maximum Gasteiger partial charge on any atom is 0.174 e. The molecule has 160 valence electrons. The molecule has 1 fully saturated rings. The Bertz CT molecular complexity index is 1230. The molecule has 0 spiro atoms. The first-order valence-electron chi connectivity index (χ1n) is 11.0. The van der Waals surface area contributed by atoms with Crippen LogP contribution in [-0.2, 0) is 6.42 Å². The number of aryl methyl sites for hydroxylation is 2. The van der Waals surface area contributed by atoms with Gasteiger partial charge in [0.15, 0.2) is 5.11 Å². The van der Waals surface area contributed by atoms with Gasteiger partial charge in [0.25, 0.3) is 0 Å². The van der Waals surface area contributed by atoms with Crippen molar-refractivity contribution in [2.45, 2.75) is 32.4 Å². The molecule has 5 heteroatoms. The van der Waals surface area contributed by atoms with E-state index in [-0.39, 0.29) is 12.1 Å². The molecule has 2 aromatic heterocycles. The number of thiocarbonyl (C=S) groups is 1. The molecule has 2 aromatic carbocycles. The van der Waals surface area contributed by atoms with Crippen LogP contribution in [0.2, 0.25) is 0 Å². The Kier molecular flexibility index (Phi) is 5.50.